The van der Waals surface area contributed by atoms with Gasteiger partial charge in [0.1, 0.15) is 10.3 Å². The largest absolute Gasteiger partial charge is 0.381 e. The van der Waals surface area contributed by atoms with Crippen molar-refractivity contribution in [2.45, 2.75) is 64.2 Å². The van der Waals surface area contributed by atoms with Crippen LogP contribution in [-0.4, -0.2) is 39.4 Å². The molecule has 0 unspecified atom stereocenters. The van der Waals surface area contributed by atoms with Crippen molar-refractivity contribution in [3.8, 4) is 11.3 Å². The first-order chi connectivity index (χ1) is 22.0. The van der Waals surface area contributed by atoms with Crippen molar-refractivity contribution >= 4 is 49.4 Å². The highest BCUT2D eigenvalue weighted by Gasteiger charge is 2.30. The summed E-state index contributed by atoms with van der Waals surface area (Å²) in [5, 5.41) is 4.48. The molecule has 5 aromatic rings. The van der Waals surface area contributed by atoms with Gasteiger partial charge in [-0.1, -0.05) is 41.7 Å². The molecule has 4 heterocycles. The number of pyridine rings is 1. The maximum absolute atomic E-state index is 13.4. The van der Waals surface area contributed by atoms with Gasteiger partial charge >= 0.3 is 0 Å². The molecule has 2 aliphatic rings. The average Bonchev–Trinajstić information content (AvgIpc) is 3.77. The lowest BCUT2D eigenvalue weighted by Gasteiger charge is -2.21. The predicted molar refractivity (Wildman–Crippen MR) is 181 cm³/mol. The fraction of sp³-hybridized carbons (Fsp3) is 0.405. The summed E-state index contributed by atoms with van der Waals surface area (Å²) in [6.07, 6.45) is 12.0. The van der Waals surface area contributed by atoms with Crippen molar-refractivity contribution in [2.75, 3.05) is 18.5 Å². The topological polar surface area (TPSA) is 86.1 Å². The molecular formula is C37H40N4O3S. The monoisotopic (exact) mass is 620 g/mol. The molecule has 3 aromatic heterocycles. The van der Waals surface area contributed by atoms with Crippen molar-refractivity contribution in [3.05, 3.63) is 77.5 Å². The van der Waals surface area contributed by atoms with Crippen LogP contribution in [0.3, 0.4) is 0 Å². The molecule has 2 fully saturated rings. The molecule has 0 radical (unpaired) electrons. The maximum Gasteiger partial charge on any atom is 0.229 e. The Balaban J connectivity index is 0.963. The maximum atomic E-state index is 13.4. The van der Waals surface area contributed by atoms with Crippen LogP contribution < -0.4 is 5.32 Å². The van der Waals surface area contributed by atoms with Crippen LogP contribution in [0.4, 0.5) is 5.13 Å². The number of hydrogen-bond acceptors (Lipinski definition) is 6. The number of ketones is 1. The van der Waals surface area contributed by atoms with E-state index in [1.807, 2.05) is 29.9 Å². The minimum Gasteiger partial charge on any atom is -0.381 e. The van der Waals surface area contributed by atoms with Gasteiger partial charge in [-0.2, -0.15) is 0 Å². The van der Waals surface area contributed by atoms with E-state index in [1.165, 1.54) is 41.7 Å². The summed E-state index contributed by atoms with van der Waals surface area (Å²) < 4.78 is 7.52. The lowest BCUT2D eigenvalue weighted by molar-refractivity contribution is -0.117. The third-order valence-electron chi connectivity index (χ3n) is 9.34. The van der Waals surface area contributed by atoms with Crippen LogP contribution in [0.25, 0.3) is 32.5 Å². The first kappa shape index (κ1) is 29.8. The molecule has 1 saturated carbocycles. The highest BCUT2D eigenvalue weighted by Crippen LogP contribution is 2.33. The molecule has 2 aromatic carbocycles. The van der Waals surface area contributed by atoms with Crippen molar-refractivity contribution < 1.29 is 14.3 Å². The van der Waals surface area contributed by atoms with Crippen molar-refractivity contribution in [1.82, 2.24) is 14.5 Å². The summed E-state index contributed by atoms with van der Waals surface area (Å²) in [6, 6.07) is 19.2. The summed E-state index contributed by atoms with van der Waals surface area (Å²) >= 11 is 1.40. The Kier molecular flexibility index (Phi) is 8.77. The number of hydrogen-bond donors (Lipinski definition) is 1. The van der Waals surface area contributed by atoms with E-state index in [0.717, 1.165) is 95.7 Å². The number of carbonyl (C=O) groups excluding carboxylic acids is 2. The Hall–Kier alpha value is -3.88. The number of fused-ring (bicyclic) bond motifs is 2. The summed E-state index contributed by atoms with van der Waals surface area (Å²) in [6.45, 7) is 1.83. The molecule has 0 bridgehead atoms. The Morgan fingerprint density at radius 2 is 1.71 bits per heavy atom. The number of benzene rings is 2. The Labute approximate surface area is 268 Å². The molecule has 7 rings (SSSR count). The molecular weight excluding hydrogens is 580 g/mol. The van der Waals surface area contributed by atoms with Gasteiger partial charge in [0.15, 0.2) is 10.9 Å². The normalized spacial score (nSPS) is 15.6. The SMILES string of the molecule is Cn1cc(C(=O)CCCCc2ccc(CCC3CCOCC3)cc2)c2cc(-c3ccc4nc(NC(=O)C5CC5)sc4n3)ccc21. The van der Waals surface area contributed by atoms with E-state index in [-0.39, 0.29) is 17.6 Å². The standard InChI is InChI=1S/C37H40N4O3S/c1-41-23-30(34(42)5-3-2-4-24-6-8-25(9-7-24)10-11-26-18-20-44-21-19-26)29-22-28(14-17-33(29)41)31-15-16-32-36(38-31)45-37(39-32)40-35(43)27-12-13-27/h6-9,14-17,22-23,26-27H,2-5,10-13,18-21H2,1H3,(H,39,40,43). The van der Waals surface area contributed by atoms with E-state index < -0.39 is 0 Å². The van der Waals surface area contributed by atoms with E-state index in [4.69, 9.17) is 9.72 Å². The average molecular weight is 621 g/mol. The zero-order valence-electron chi connectivity index (χ0n) is 25.9. The van der Waals surface area contributed by atoms with E-state index in [0.29, 0.717) is 11.6 Å². The molecule has 8 heteroatoms. The number of carbonyl (C=O) groups is 2. The number of rotatable bonds is 12. The fourth-order valence-corrected chi connectivity index (χ4v) is 7.23. The molecule has 1 aliphatic carbocycles. The van der Waals surface area contributed by atoms with Gasteiger partial charge in [0, 0.05) is 60.8 Å². The number of ether oxygens (including phenoxy) is 1. The smallest absolute Gasteiger partial charge is 0.229 e. The highest BCUT2D eigenvalue weighted by molar-refractivity contribution is 7.22. The fourth-order valence-electron chi connectivity index (χ4n) is 6.39. The second-order valence-corrected chi connectivity index (χ2v) is 13.7. The third-order valence-corrected chi connectivity index (χ3v) is 10.2. The van der Waals surface area contributed by atoms with E-state index in [2.05, 4.69) is 52.8 Å². The molecule has 1 amide bonds. The molecule has 1 N–H and O–H groups in total. The minimum absolute atomic E-state index is 0.0479. The van der Waals surface area contributed by atoms with Gasteiger partial charge in [-0.25, -0.2) is 9.97 Å². The van der Waals surface area contributed by atoms with Crippen LogP contribution >= 0.6 is 11.3 Å². The summed E-state index contributed by atoms with van der Waals surface area (Å²) in [7, 11) is 1.99. The van der Waals surface area contributed by atoms with Gasteiger partial charge in [-0.15, -0.1) is 0 Å². The van der Waals surface area contributed by atoms with Crippen LogP contribution in [-0.2, 0) is 29.4 Å². The number of unbranched alkanes of at least 4 members (excludes halogenated alkanes) is 1. The number of Topliss-reactive ketones (excluding diaryl/α,β-unsaturated/α-hetero) is 1. The van der Waals surface area contributed by atoms with Crippen LogP contribution in [0.5, 0.6) is 0 Å². The molecule has 1 saturated heterocycles. The lowest BCUT2D eigenvalue weighted by Crippen LogP contribution is -2.16. The van der Waals surface area contributed by atoms with Crippen LogP contribution in [0.2, 0.25) is 0 Å². The molecule has 1 aliphatic heterocycles. The van der Waals surface area contributed by atoms with Crippen molar-refractivity contribution in [2.24, 2.45) is 18.9 Å². The third kappa shape index (κ3) is 7.02. The van der Waals surface area contributed by atoms with Crippen LogP contribution in [0.1, 0.15) is 72.9 Å². The predicted octanol–water partition coefficient (Wildman–Crippen LogP) is 8.15. The van der Waals surface area contributed by atoms with Crippen molar-refractivity contribution in [3.63, 3.8) is 0 Å². The van der Waals surface area contributed by atoms with Crippen LogP contribution in [0.15, 0.2) is 60.8 Å². The van der Waals surface area contributed by atoms with Gasteiger partial charge < -0.3 is 14.6 Å². The first-order valence-corrected chi connectivity index (χ1v) is 17.2. The van der Waals surface area contributed by atoms with Gasteiger partial charge in [-0.3, -0.25) is 9.59 Å². The Morgan fingerprint density at radius 3 is 2.49 bits per heavy atom. The highest BCUT2D eigenvalue weighted by atomic mass is 32.1. The second kappa shape index (κ2) is 13.2. The number of aryl methyl sites for hydroxylation is 3. The summed E-state index contributed by atoms with van der Waals surface area (Å²) in [5.41, 5.74) is 7.11. The molecule has 7 nitrogen and oxygen atoms in total. The van der Waals surface area contributed by atoms with Crippen molar-refractivity contribution in [1.29, 1.82) is 0 Å². The Morgan fingerprint density at radius 1 is 0.933 bits per heavy atom. The van der Waals surface area contributed by atoms with E-state index in [1.54, 1.807) is 0 Å². The number of nitrogens with one attached hydrogen (secondary N) is 1. The van der Waals surface area contributed by atoms with E-state index >= 15 is 0 Å². The minimum atomic E-state index is 0.0479. The number of amides is 1. The molecule has 0 spiro atoms. The Bertz CT molecular complexity index is 1830. The van der Waals surface area contributed by atoms with E-state index in [9.17, 15) is 9.59 Å². The van der Waals surface area contributed by atoms with Gasteiger partial charge in [0.25, 0.3) is 0 Å². The molecule has 45 heavy (non-hydrogen) atoms. The zero-order valence-corrected chi connectivity index (χ0v) is 26.7. The van der Waals surface area contributed by atoms with Gasteiger partial charge in [-0.05, 0) is 99.1 Å². The zero-order chi connectivity index (χ0) is 30.8. The first-order valence-electron chi connectivity index (χ1n) is 16.4. The number of nitrogens with zero attached hydrogens (tertiary/aromatic N) is 3. The second-order valence-electron chi connectivity index (χ2n) is 12.7. The molecule has 0 atom stereocenters. The summed E-state index contributed by atoms with van der Waals surface area (Å²) in [5.74, 6) is 1.16. The van der Waals surface area contributed by atoms with Gasteiger partial charge in [0.05, 0.1) is 5.69 Å². The van der Waals surface area contributed by atoms with Crippen LogP contribution in [0, 0.1) is 11.8 Å². The molecule has 232 valence electrons. The summed E-state index contributed by atoms with van der Waals surface area (Å²) in [4.78, 5) is 35.8. The quantitative estimate of drug-likeness (QED) is 0.112. The number of thiazole rings is 1. The lowest BCUT2D eigenvalue weighted by atomic mass is 9.92. The van der Waals surface area contributed by atoms with Gasteiger partial charge in [0.2, 0.25) is 5.91 Å². The number of aromatic nitrogens is 3. The number of anilines is 1.